The van der Waals surface area contributed by atoms with E-state index in [1.54, 1.807) is 11.0 Å². The summed E-state index contributed by atoms with van der Waals surface area (Å²) in [6, 6.07) is 5.42. The molecule has 30 heavy (non-hydrogen) atoms. The van der Waals surface area contributed by atoms with E-state index in [2.05, 4.69) is 10.6 Å². The predicted octanol–water partition coefficient (Wildman–Crippen LogP) is 3.62. The van der Waals surface area contributed by atoms with Gasteiger partial charge in [0.2, 0.25) is 11.8 Å². The normalized spacial score (nSPS) is 29.9. The highest BCUT2D eigenvalue weighted by atomic mass is 35.5. The van der Waals surface area contributed by atoms with Crippen LogP contribution in [0.15, 0.2) is 18.2 Å². The standard InChI is InChI=1S/C22H29ClN4O3/c1-13-11-15(9-10-30-13)27-18(28)12-22(2,26-21(27)24)16-7-4-8-17(19(16)23)25-20(29)14-5-3-6-14/h4,7-8,13-15H,3,5-6,9-12H2,1-2H3,(H2,24,26)(H,25,29)/t13-,15-,22+/m1/s1. The first kappa shape index (κ1) is 21.1. The first-order valence-electron chi connectivity index (χ1n) is 10.7. The van der Waals surface area contributed by atoms with Crippen LogP contribution in [0, 0.1) is 11.3 Å². The van der Waals surface area contributed by atoms with E-state index in [9.17, 15) is 9.59 Å². The Bertz CT molecular complexity index is 852. The maximum atomic E-state index is 13.1. The van der Waals surface area contributed by atoms with Gasteiger partial charge in [-0.15, -0.1) is 0 Å². The number of benzene rings is 1. The number of rotatable bonds is 4. The summed E-state index contributed by atoms with van der Waals surface area (Å²) in [5.41, 5.74) is 0.429. The van der Waals surface area contributed by atoms with Gasteiger partial charge in [-0.2, -0.15) is 0 Å². The number of nitrogens with zero attached hydrogens (tertiary/aromatic N) is 1. The van der Waals surface area contributed by atoms with Crippen molar-refractivity contribution in [3.63, 3.8) is 0 Å². The number of hydrogen-bond acceptors (Lipinski definition) is 4. The van der Waals surface area contributed by atoms with E-state index in [1.807, 2.05) is 26.0 Å². The predicted molar refractivity (Wildman–Crippen MR) is 116 cm³/mol. The van der Waals surface area contributed by atoms with Gasteiger partial charge in [0, 0.05) is 18.6 Å². The minimum Gasteiger partial charge on any atom is -0.378 e. The molecular formula is C22H29ClN4O3. The number of halogens is 1. The second-order valence-corrected chi connectivity index (χ2v) is 9.27. The van der Waals surface area contributed by atoms with E-state index in [-0.39, 0.29) is 42.3 Å². The third-order valence-corrected chi connectivity index (χ3v) is 6.97. The molecule has 162 valence electrons. The molecule has 3 atom stereocenters. The van der Waals surface area contributed by atoms with E-state index in [0.29, 0.717) is 22.9 Å². The molecule has 1 aromatic rings. The number of hydrogen-bond donors (Lipinski definition) is 3. The second kappa shape index (κ2) is 8.19. The van der Waals surface area contributed by atoms with Crippen molar-refractivity contribution in [2.75, 3.05) is 11.9 Å². The molecule has 0 bridgehead atoms. The molecule has 3 N–H and O–H groups in total. The van der Waals surface area contributed by atoms with Crippen LogP contribution < -0.4 is 10.6 Å². The number of carbonyl (C=O) groups excluding carboxylic acids is 2. The molecule has 0 aromatic heterocycles. The average molecular weight is 433 g/mol. The maximum absolute atomic E-state index is 13.1. The highest BCUT2D eigenvalue weighted by Crippen LogP contribution is 2.39. The van der Waals surface area contributed by atoms with Crippen LogP contribution in [-0.2, 0) is 19.9 Å². The molecule has 3 aliphatic rings. The number of anilines is 1. The topological polar surface area (TPSA) is 94.5 Å². The van der Waals surface area contributed by atoms with E-state index in [4.69, 9.17) is 21.7 Å². The first-order chi connectivity index (χ1) is 14.3. The lowest BCUT2D eigenvalue weighted by Crippen LogP contribution is -2.63. The molecule has 4 rings (SSSR count). The number of carbonyl (C=O) groups is 2. The Morgan fingerprint density at radius 2 is 2.13 bits per heavy atom. The van der Waals surface area contributed by atoms with E-state index in [0.717, 1.165) is 32.1 Å². The highest BCUT2D eigenvalue weighted by Gasteiger charge is 2.44. The van der Waals surface area contributed by atoms with E-state index < -0.39 is 5.54 Å². The lowest BCUT2D eigenvalue weighted by molar-refractivity contribution is -0.134. The minimum absolute atomic E-state index is 0.00862. The van der Waals surface area contributed by atoms with E-state index in [1.165, 1.54) is 0 Å². The molecule has 0 unspecified atom stereocenters. The van der Waals surface area contributed by atoms with Gasteiger partial charge < -0.3 is 15.4 Å². The number of nitrogens with one attached hydrogen (secondary N) is 3. The van der Waals surface area contributed by atoms with Crippen molar-refractivity contribution in [2.45, 2.75) is 70.1 Å². The van der Waals surface area contributed by atoms with Gasteiger partial charge in [0.15, 0.2) is 5.96 Å². The fraction of sp³-hybridized carbons (Fsp3) is 0.591. The molecule has 2 heterocycles. The first-order valence-corrected chi connectivity index (χ1v) is 11.1. The van der Waals surface area contributed by atoms with Crippen molar-refractivity contribution in [1.29, 1.82) is 5.41 Å². The lowest BCUT2D eigenvalue weighted by atomic mass is 9.84. The zero-order valence-corrected chi connectivity index (χ0v) is 18.2. The van der Waals surface area contributed by atoms with Crippen molar-refractivity contribution in [2.24, 2.45) is 5.92 Å². The Balaban J connectivity index is 1.54. The van der Waals surface area contributed by atoms with Crippen LogP contribution >= 0.6 is 11.6 Å². The van der Waals surface area contributed by atoms with Crippen LogP contribution in [0.4, 0.5) is 5.69 Å². The molecule has 0 radical (unpaired) electrons. The van der Waals surface area contributed by atoms with Gasteiger partial charge in [0.25, 0.3) is 0 Å². The molecule has 2 amide bonds. The molecule has 3 fully saturated rings. The van der Waals surface area contributed by atoms with Crippen molar-refractivity contribution in [1.82, 2.24) is 10.2 Å². The summed E-state index contributed by atoms with van der Waals surface area (Å²) in [6.45, 7) is 4.46. The van der Waals surface area contributed by atoms with Gasteiger partial charge in [-0.05, 0) is 51.2 Å². The van der Waals surface area contributed by atoms with Crippen LogP contribution in [-0.4, -0.2) is 41.4 Å². The van der Waals surface area contributed by atoms with Gasteiger partial charge in [-0.25, -0.2) is 0 Å². The molecule has 2 saturated heterocycles. The quantitative estimate of drug-likeness (QED) is 0.677. The summed E-state index contributed by atoms with van der Waals surface area (Å²) < 4.78 is 5.59. The summed E-state index contributed by atoms with van der Waals surface area (Å²) in [5, 5.41) is 15.1. The molecule has 1 aromatic carbocycles. The number of amides is 2. The maximum Gasteiger partial charge on any atom is 0.232 e. The van der Waals surface area contributed by atoms with Crippen molar-refractivity contribution in [3.05, 3.63) is 28.8 Å². The third kappa shape index (κ3) is 3.93. The number of ether oxygens (including phenoxy) is 1. The summed E-state index contributed by atoms with van der Waals surface area (Å²) in [7, 11) is 0. The molecule has 0 spiro atoms. The summed E-state index contributed by atoms with van der Waals surface area (Å²) >= 11 is 6.67. The van der Waals surface area contributed by atoms with Gasteiger partial charge in [-0.3, -0.25) is 19.9 Å². The largest absolute Gasteiger partial charge is 0.378 e. The zero-order valence-electron chi connectivity index (χ0n) is 17.5. The molecule has 1 aliphatic carbocycles. The highest BCUT2D eigenvalue weighted by molar-refractivity contribution is 6.34. The SMILES string of the molecule is C[C@@H]1C[C@H](N2C(=N)N[C@](C)(c3cccc(NC(=O)C4CCC4)c3Cl)CC2=O)CCO1. The minimum atomic E-state index is -0.824. The molecular weight excluding hydrogens is 404 g/mol. The van der Waals surface area contributed by atoms with Gasteiger partial charge >= 0.3 is 0 Å². The van der Waals surface area contributed by atoms with E-state index >= 15 is 0 Å². The monoisotopic (exact) mass is 432 g/mol. The fourth-order valence-electron chi connectivity index (χ4n) is 4.60. The van der Waals surface area contributed by atoms with Gasteiger partial charge in [-0.1, -0.05) is 30.2 Å². The lowest BCUT2D eigenvalue weighted by Gasteiger charge is -2.45. The average Bonchev–Trinajstić information content (AvgIpc) is 2.61. The van der Waals surface area contributed by atoms with Crippen molar-refractivity contribution < 1.29 is 14.3 Å². The van der Waals surface area contributed by atoms with Crippen LogP contribution in [0.5, 0.6) is 0 Å². The Morgan fingerprint density at radius 1 is 1.37 bits per heavy atom. The van der Waals surface area contributed by atoms with Crippen LogP contribution in [0.1, 0.15) is 57.9 Å². The Kier molecular flexibility index (Phi) is 5.77. The fourth-order valence-corrected chi connectivity index (χ4v) is 4.98. The smallest absolute Gasteiger partial charge is 0.232 e. The second-order valence-electron chi connectivity index (χ2n) is 8.89. The Morgan fingerprint density at radius 3 is 2.77 bits per heavy atom. The summed E-state index contributed by atoms with van der Waals surface area (Å²) in [5.74, 6) is 0.0390. The molecule has 8 heteroatoms. The van der Waals surface area contributed by atoms with Gasteiger partial charge in [0.1, 0.15) is 0 Å². The van der Waals surface area contributed by atoms with Gasteiger partial charge in [0.05, 0.1) is 28.8 Å². The summed E-state index contributed by atoms with van der Waals surface area (Å²) in [6.07, 6.45) is 4.60. The Labute approximate surface area is 182 Å². The summed E-state index contributed by atoms with van der Waals surface area (Å²) in [4.78, 5) is 27.0. The van der Waals surface area contributed by atoms with Crippen molar-refractivity contribution >= 4 is 35.1 Å². The van der Waals surface area contributed by atoms with Crippen LogP contribution in [0.25, 0.3) is 0 Å². The molecule has 7 nitrogen and oxygen atoms in total. The zero-order chi connectivity index (χ0) is 21.5. The van der Waals surface area contributed by atoms with Crippen LogP contribution in [0.3, 0.4) is 0 Å². The number of guanidine groups is 1. The molecule has 2 aliphatic heterocycles. The Hall–Kier alpha value is -2.12. The van der Waals surface area contributed by atoms with Crippen LogP contribution in [0.2, 0.25) is 5.02 Å². The third-order valence-electron chi connectivity index (χ3n) is 6.56. The van der Waals surface area contributed by atoms with Crippen molar-refractivity contribution in [3.8, 4) is 0 Å². The molecule has 1 saturated carbocycles.